The molecule has 0 aromatic carbocycles. The summed E-state index contributed by atoms with van der Waals surface area (Å²) in [5, 5.41) is 4.41. The molecule has 1 fully saturated rings. The highest BCUT2D eigenvalue weighted by atomic mass is 32.1. The highest BCUT2D eigenvalue weighted by Gasteiger charge is 2.25. The first kappa shape index (κ1) is 13.8. The molecule has 2 rings (SSSR count). The van der Waals surface area contributed by atoms with Gasteiger partial charge in [0.25, 0.3) is 0 Å². The van der Waals surface area contributed by atoms with Crippen molar-refractivity contribution in [2.75, 3.05) is 25.0 Å². The average molecular weight is 269 g/mol. The number of rotatable bonds is 3. The lowest BCUT2D eigenvalue weighted by atomic mass is 10.2. The first-order valence-electron chi connectivity index (χ1n) is 6.56. The predicted octanol–water partition coefficient (Wildman–Crippen LogP) is 2.35. The lowest BCUT2D eigenvalue weighted by Crippen LogP contribution is -2.45. The van der Waals surface area contributed by atoms with Gasteiger partial charge in [-0.15, -0.1) is 11.3 Å². The molecule has 1 aliphatic heterocycles. The van der Waals surface area contributed by atoms with E-state index in [4.69, 9.17) is 9.72 Å². The van der Waals surface area contributed by atoms with Gasteiger partial charge in [0.1, 0.15) is 0 Å². The highest BCUT2D eigenvalue weighted by Crippen LogP contribution is 2.31. The van der Waals surface area contributed by atoms with Crippen molar-refractivity contribution in [3.05, 3.63) is 10.6 Å². The molecule has 0 aliphatic carbocycles. The zero-order valence-corrected chi connectivity index (χ0v) is 12.7. The van der Waals surface area contributed by atoms with E-state index < -0.39 is 0 Å². The van der Waals surface area contributed by atoms with Crippen LogP contribution in [0, 0.1) is 6.92 Å². The number of anilines is 1. The normalized spacial score (nSPS) is 26.4. The third-order valence-corrected chi connectivity index (χ3v) is 4.74. The Morgan fingerprint density at radius 1 is 1.39 bits per heavy atom. The summed E-state index contributed by atoms with van der Waals surface area (Å²) >= 11 is 1.80. The number of nitrogens with one attached hydrogen (secondary N) is 1. The Kier molecular flexibility index (Phi) is 4.25. The molecule has 3 atom stereocenters. The van der Waals surface area contributed by atoms with Crippen LogP contribution in [0.25, 0.3) is 0 Å². The van der Waals surface area contributed by atoms with Crippen LogP contribution < -0.4 is 10.2 Å². The number of aryl methyl sites for hydroxylation is 1. The molecular weight excluding hydrogens is 246 g/mol. The summed E-state index contributed by atoms with van der Waals surface area (Å²) in [6, 6.07) is 0.368. The van der Waals surface area contributed by atoms with E-state index >= 15 is 0 Å². The van der Waals surface area contributed by atoms with Gasteiger partial charge in [-0.2, -0.15) is 0 Å². The monoisotopic (exact) mass is 269 g/mol. The summed E-state index contributed by atoms with van der Waals surface area (Å²) in [6.07, 6.45) is 0.561. The van der Waals surface area contributed by atoms with Crippen molar-refractivity contribution in [1.29, 1.82) is 0 Å². The predicted molar refractivity (Wildman–Crippen MR) is 76.5 cm³/mol. The largest absolute Gasteiger partial charge is 0.372 e. The summed E-state index contributed by atoms with van der Waals surface area (Å²) < 4.78 is 5.77. The summed E-state index contributed by atoms with van der Waals surface area (Å²) in [7, 11) is 1.99. The first-order chi connectivity index (χ1) is 8.51. The van der Waals surface area contributed by atoms with Gasteiger partial charge in [-0.1, -0.05) is 0 Å². The highest BCUT2D eigenvalue weighted by molar-refractivity contribution is 7.15. The van der Waals surface area contributed by atoms with Crippen LogP contribution in [0.15, 0.2) is 0 Å². The second kappa shape index (κ2) is 5.55. The van der Waals surface area contributed by atoms with E-state index in [1.807, 2.05) is 7.05 Å². The molecule has 3 unspecified atom stereocenters. The van der Waals surface area contributed by atoms with Crippen molar-refractivity contribution in [3.8, 4) is 0 Å². The molecule has 1 aromatic heterocycles. The minimum Gasteiger partial charge on any atom is -0.372 e. The fourth-order valence-electron chi connectivity index (χ4n) is 2.40. The second-order valence-electron chi connectivity index (χ2n) is 5.12. The van der Waals surface area contributed by atoms with Crippen LogP contribution in [-0.2, 0) is 4.74 Å². The molecule has 1 aliphatic rings. The van der Waals surface area contributed by atoms with Gasteiger partial charge in [0.05, 0.1) is 17.9 Å². The number of aromatic nitrogens is 1. The molecular formula is C13H23N3OS. The van der Waals surface area contributed by atoms with E-state index in [0.717, 1.165) is 23.9 Å². The lowest BCUT2D eigenvalue weighted by molar-refractivity contribution is -0.00523. The molecule has 5 heteroatoms. The minimum atomic E-state index is 0.281. The topological polar surface area (TPSA) is 37.4 Å². The summed E-state index contributed by atoms with van der Waals surface area (Å²) in [6.45, 7) is 10.4. The Morgan fingerprint density at radius 3 is 2.56 bits per heavy atom. The van der Waals surface area contributed by atoms with Gasteiger partial charge in [-0.05, 0) is 34.7 Å². The van der Waals surface area contributed by atoms with Gasteiger partial charge >= 0.3 is 0 Å². The number of thiazole rings is 1. The Hall–Kier alpha value is -0.650. The fraction of sp³-hybridized carbons (Fsp3) is 0.769. The smallest absolute Gasteiger partial charge is 0.186 e. The molecule has 0 amide bonds. The van der Waals surface area contributed by atoms with Gasteiger partial charge in [0.15, 0.2) is 5.13 Å². The van der Waals surface area contributed by atoms with E-state index in [-0.39, 0.29) is 12.2 Å². The first-order valence-corrected chi connectivity index (χ1v) is 7.38. The molecule has 4 nitrogen and oxygen atoms in total. The van der Waals surface area contributed by atoms with Gasteiger partial charge < -0.3 is 15.0 Å². The number of morpholine rings is 1. The van der Waals surface area contributed by atoms with Crippen LogP contribution in [0.4, 0.5) is 5.13 Å². The van der Waals surface area contributed by atoms with Crippen molar-refractivity contribution < 1.29 is 4.74 Å². The standard InChI is InChI=1S/C13H23N3OS/c1-8-6-16(7-9(2)17-8)13-15-11(4)12(18-13)10(3)14-5/h8-10,14H,6-7H2,1-5H3. The molecule has 1 N–H and O–H groups in total. The number of nitrogens with zero attached hydrogens (tertiary/aromatic N) is 2. The van der Waals surface area contributed by atoms with Crippen LogP contribution >= 0.6 is 11.3 Å². The van der Waals surface area contributed by atoms with Gasteiger partial charge in [-0.3, -0.25) is 0 Å². The summed E-state index contributed by atoms with van der Waals surface area (Å²) in [5.41, 5.74) is 1.14. The average Bonchev–Trinajstić information content (AvgIpc) is 2.69. The molecule has 0 spiro atoms. The third-order valence-electron chi connectivity index (χ3n) is 3.34. The van der Waals surface area contributed by atoms with Crippen LogP contribution in [0.5, 0.6) is 0 Å². The summed E-state index contributed by atoms with van der Waals surface area (Å²) in [5.74, 6) is 0. The van der Waals surface area contributed by atoms with E-state index in [2.05, 4.69) is 37.9 Å². The Bertz CT molecular complexity index is 397. The van der Waals surface area contributed by atoms with Crippen molar-refractivity contribution >= 4 is 16.5 Å². The van der Waals surface area contributed by atoms with Gasteiger partial charge in [-0.25, -0.2) is 4.98 Å². The van der Waals surface area contributed by atoms with Gasteiger partial charge in [0.2, 0.25) is 0 Å². The molecule has 18 heavy (non-hydrogen) atoms. The lowest BCUT2D eigenvalue weighted by Gasteiger charge is -2.35. The van der Waals surface area contributed by atoms with E-state index in [9.17, 15) is 0 Å². The second-order valence-corrected chi connectivity index (χ2v) is 6.13. The molecule has 2 heterocycles. The summed E-state index contributed by atoms with van der Waals surface area (Å²) in [4.78, 5) is 8.40. The zero-order valence-electron chi connectivity index (χ0n) is 11.9. The quantitative estimate of drug-likeness (QED) is 0.914. The maximum absolute atomic E-state index is 5.77. The van der Waals surface area contributed by atoms with E-state index in [1.165, 1.54) is 4.88 Å². The SMILES string of the molecule is CNC(C)c1sc(N2CC(C)OC(C)C2)nc1C. The fourth-order valence-corrected chi connectivity index (χ4v) is 3.54. The van der Waals surface area contributed by atoms with Crippen molar-refractivity contribution in [2.24, 2.45) is 0 Å². The molecule has 102 valence electrons. The number of ether oxygens (including phenoxy) is 1. The molecule has 0 bridgehead atoms. The molecule has 0 radical (unpaired) electrons. The number of hydrogen-bond acceptors (Lipinski definition) is 5. The molecule has 0 saturated carbocycles. The molecule has 1 saturated heterocycles. The Morgan fingerprint density at radius 2 is 2.00 bits per heavy atom. The van der Waals surface area contributed by atoms with Crippen molar-refractivity contribution in [1.82, 2.24) is 10.3 Å². The van der Waals surface area contributed by atoms with Gasteiger partial charge in [0, 0.05) is 24.0 Å². The third kappa shape index (κ3) is 2.84. The van der Waals surface area contributed by atoms with Crippen molar-refractivity contribution in [3.63, 3.8) is 0 Å². The van der Waals surface area contributed by atoms with E-state index in [0.29, 0.717) is 6.04 Å². The minimum absolute atomic E-state index is 0.281. The Balaban J connectivity index is 2.18. The van der Waals surface area contributed by atoms with Crippen molar-refractivity contribution in [2.45, 2.75) is 45.9 Å². The maximum atomic E-state index is 5.77. The Labute approximate surface area is 113 Å². The maximum Gasteiger partial charge on any atom is 0.186 e. The van der Waals surface area contributed by atoms with Crippen LogP contribution in [0.1, 0.15) is 37.4 Å². The van der Waals surface area contributed by atoms with Crippen LogP contribution in [0.3, 0.4) is 0 Å². The zero-order chi connectivity index (χ0) is 13.3. The number of hydrogen-bond donors (Lipinski definition) is 1. The van der Waals surface area contributed by atoms with Crippen LogP contribution in [0.2, 0.25) is 0 Å². The molecule has 1 aromatic rings. The van der Waals surface area contributed by atoms with E-state index in [1.54, 1.807) is 11.3 Å². The van der Waals surface area contributed by atoms with Crippen LogP contribution in [-0.4, -0.2) is 37.3 Å².